The van der Waals surface area contributed by atoms with Crippen LogP contribution in [0.25, 0.3) is 0 Å². The Labute approximate surface area is 147 Å². The molecular weight excluding hydrogens is 344 g/mol. The van der Waals surface area contributed by atoms with Crippen molar-refractivity contribution in [1.29, 1.82) is 0 Å². The number of amides is 1. The minimum Gasteiger partial charge on any atom is -0.480 e. The molecule has 1 unspecified atom stereocenters. The van der Waals surface area contributed by atoms with Crippen molar-refractivity contribution >= 4 is 21.9 Å². The molecule has 0 radical (unpaired) electrons. The molecule has 1 amide bonds. The van der Waals surface area contributed by atoms with E-state index in [-0.39, 0.29) is 22.9 Å². The lowest BCUT2D eigenvalue weighted by molar-refractivity contribution is -0.144. The first-order chi connectivity index (χ1) is 11.6. The summed E-state index contributed by atoms with van der Waals surface area (Å²) in [6, 6.07) is 4.25. The van der Waals surface area contributed by atoms with Gasteiger partial charge in [0.25, 0.3) is 5.91 Å². The largest absolute Gasteiger partial charge is 0.480 e. The molecule has 8 heteroatoms. The fraction of sp³-hybridized carbons (Fsp3) is 0.529. The van der Waals surface area contributed by atoms with E-state index >= 15 is 0 Å². The molecule has 1 fully saturated rings. The Kier molecular flexibility index (Phi) is 5.53. The molecule has 1 atom stereocenters. The molecule has 1 saturated carbocycles. The molecule has 0 spiro atoms. The number of hydrogen-bond acceptors (Lipinski definition) is 4. The first kappa shape index (κ1) is 19.4. The van der Waals surface area contributed by atoms with Crippen molar-refractivity contribution in [2.24, 2.45) is 0 Å². The number of aliphatic carboxylic acids is 1. The SMILES string of the molecule is CCCC(C)(NC(=O)c1cc(S(=O)(=O)NC2CC2)ccc1C)C(=O)O. The van der Waals surface area contributed by atoms with Crippen molar-refractivity contribution in [2.45, 2.75) is 62.9 Å². The van der Waals surface area contributed by atoms with Gasteiger partial charge in [-0.1, -0.05) is 19.4 Å². The molecule has 0 bridgehead atoms. The molecule has 2 rings (SSSR count). The highest BCUT2D eigenvalue weighted by Gasteiger charge is 2.35. The predicted molar refractivity (Wildman–Crippen MR) is 92.9 cm³/mol. The highest BCUT2D eigenvalue weighted by Crippen LogP contribution is 2.23. The fourth-order valence-electron chi connectivity index (χ4n) is 2.54. The standard InChI is InChI=1S/C17H24N2O5S/c1-4-9-17(3,16(21)22)18-15(20)14-10-13(8-5-11(14)2)25(23,24)19-12-6-7-12/h5,8,10,12,19H,4,6-7,9H2,1-3H3,(H,18,20)(H,21,22). The van der Waals surface area contributed by atoms with Gasteiger partial charge >= 0.3 is 5.97 Å². The van der Waals surface area contributed by atoms with Crippen LogP contribution >= 0.6 is 0 Å². The van der Waals surface area contributed by atoms with E-state index in [1.165, 1.54) is 19.1 Å². The first-order valence-corrected chi connectivity index (χ1v) is 9.76. The van der Waals surface area contributed by atoms with Gasteiger partial charge in [0.15, 0.2) is 0 Å². The number of aryl methyl sites for hydroxylation is 1. The summed E-state index contributed by atoms with van der Waals surface area (Å²) < 4.78 is 27.2. The summed E-state index contributed by atoms with van der Waals surface area (Å²) in [5.41, 5.74) is -0.672. The first-order valence-electron chi connectivity index (χ1n) is 8.28. The lowest BCUT2D eigenvalue weighted by Gasteiger charge is -2.26. The Balaban J connectivity index is 2.30. The maximum Gasteiger partial charge on any atom is 0.329 e. The van der Waals surface area contributed by atoms with E-state index in [2.05, 4.69) is 10.0 Å². The van der Waals surface area contributed by atoms with Crippen molar-refractivity contribution in [3.63, 3.8) is 0 Å². The predicted octanol–water partition coefficient (Wildman–Crippen LogP) is 1.81. The van der Waals surface area contributed by atoms with E-state index in [0.29, 0.717) is 12.0 Å². The van der Waals surface area contributed by atoms with Crippen LogP contribution in [-0.4, -0.2) is 37.0 Å². The smallest absolute Gasteiger partial charge is 0.329 e. The number of benzene rings is 1. The highest BCUT2D eigenvalue weighted by molar-refractivity contribution is 7.89. The molecule has 25 heavy (non-hydrogen) atoms. The van der Waals surface area contributed by atoms with Crippen LogP contribution in [0.3, 0.4) is 0 Å². The molecule has 1 aliphatic carbocycles. The zero-order valence-electron chi connectivity index (χ0n) is 14.6. The van der Waals surface area contributed by atoms with Crippen LogP contribution in [0.15, 0.2) is 23.1 Å². The second-order valence-electron chi connectivity index (χ2n) is 6.71. The number of carboxylic acids is 1. The monoisotopic (exact) mass is 368 g/mol. The third-order valence-corrected chi connectivity index (χ3v) is 5.79. The normalized spacial score (nSPS) is 16.9. The second-order valence-corrected chi connectivity index (χ2v) is 8.43. The zero-order chi connectivity index (χ0) is 18.8. The van der Waals surface area contributed by atoms with E-state index in [9.17, 15) is 23.1 Å². The van der Waals surface area contributed by atoms with Gasteiger partial charge in [0.1, 0.15) is 5.54 Å². The van der Waals surface area contributed by atoms with Crippen LogP contribution in [0.5, 0.6) is 0 Å². The summed E-state index contributed by atoms with van der Waals surface area (Å²) >= 11 is 0. The minimum atomic E-state index is -3.69. The fourth-order valence-corrected chi connectivity index (χ4v) is 3.87. The maximum atomic E-state index is 12.6. The zero-order valence-corrected chi connectivity index (χ0v) is 15.4. The molecule has 0 aromatic heterocycles. The lowest BCUT2D eigenvalue weighted by atomic mass is 9.95. The highest BCUT2D eigenvalue weighted by atomic mass is 32.2. The number of nitrogens with one attached hydrogen (secondary N) is 2. The molecule has 1 aromatic carbocycles. The van der Waals surface area contributed by atoms with Gasteiger partial charge in [-0.15, -0.1) is 0 Å². The van der Waals surface area contributed by atoms with Crippen molar-refractivity contribution in [3.8, 4) is 0 Å². The van der Waals surface area contributed by atoms with Crippen LogP contribution in [0.1, 0.15) is 55.5 Å². The van der Waals surface area contributed by atoms with E-state index in [4.69, 9.17) is 0 Å². The molecular formula is C17H24N2O5S. The molecule has 0 saturated heterocycles. The number of sulfonamides is 1. The summed E-state index contributed by atoms with van der Waals surface area (Å²) in [4.78, 5) is 24.1. The van der Waals surface area contributed by atoms with Crippen LogP contribution in [0.2, 0.25) is 0 Å². The Morgan fingerprint density at radius 3 is 2.48 bits per heavy atom. The summed E-state index contributed by atoms with van der Waals surface area (Å²) in [6.45, 7) is 4.95. The van der Waals surface area contributed by atoms with Gasteiger partial charge < -0.3 is 10.4 Å². The molecule has 7 nitrogen and oxygen atoms in total. The molecule has 1 aliphatic rings. The Bertz CT molecular complexity index is 786. The lowest BCUT2D eigenvalue weighted by Crippen LogP contribution is -2.52. The van der Waals surface area contributed by atoms with Gasteiger partial charge in [-0.2, -0.15) is 0 Å². The molecule has 3 N–H and O–H groups in total. The van der Waals surface area contributed by atoms with E-state index in [1.807, 2.05) is 6.92 Å². The van der Waals surface area contributed by atoms with Gasteiger partial charge in [-0.25, -0.2) is 17.9 Å². The van der Waals surface area contributed by atoms with Gasteiger partial charge in [0, 0.05) is 11.6 Å². The Morgan fingerprint density at radius 2 is 1.96 bits per heavy atom. The molecule has 1 aromatic rings. The van der Waals surface area contributed by atoms with E-state index in [0.717, 1.165) is 12.8 Å². The van der Waals surface area contributed by atoms with Crippen LogP contribution < -0.4 is 10.0 Å². The maximum absolute atomic E-state index is 12.6. The Hall–Kier alpha value is -1.93. The summed E-state index contributed by atoms with van der Waals surface area (Å²) in [7, 11) is -3.69. The summed E-state index contributed by atoms with van der Waals surface area (Å²) in [6.07, 6.45) is 2.48. The van der Waals surface area contributed by atoms with Gasteiger partial charge in [-0.3, -0.25) is 4.79 Å². The third-order valence-electron chi connectivity index (χ3n) is 4.27. The topological polar surface area (TPSA) is 113 Å². The summed E-state index contributed by atoms with van der Waals surface area (Å²) in [5.74, 6) is -1.72. The number of carbonyl (C=O) groups excluding carboxylic acids is 1. The van der Waals surface area contributed by atoms with Gasteiger partial charge in [0.2, 0.25) is 10.0 Å². The van der Waals surface area contributed by atoms with Crippen LogP contribution in [0, 0.1) is 6.92 Å². The second kappa shape index (κ2) is 7.13. The number of carboxylic acid groups (broad SMARTS) is 1. The van der Waals surface area contributed by atoms with E-state index in [1.54, 1.807) is 13.0 Å². The van der Waals surface area contributed by atoms with Gasteiger partial charge in [-0.05, 0) is 50.8 Å². The van der Waals surface area contributed by atoms with Gasteiger partial charge in [0.05, 0.1) is 4.90 Å². The molecule has 0 heterocycles. The number of rotatable bonds is 8. The average molecular weight is 368 g/mol. The number of hydrogen-bond donors (Lipinski definition) is 3. The van der Waals surface area contributed by atoms with Crippen molar-refractivity contribution in [3.05, 3.63) is 29.3 Å². The van der Waals surface area contributed by atoms with Crippen molar-refractivity contribution in [1.82, 2.24) is 10.0 Å². The van der Waals surface area contributed by atoms with Crippen molar-refractivity contribution < 1.29 is 23.1 Å². The van der Waals surface area contributed by atoms with Crippen LogP contribution in [0.4, 0.5) is 0 Å². The Morgan fingerprint density at radius 1 is 1.32 bits per heavy atom. The summed E-state index contributed by atoms with van der Waals surface area (Å²) in [5, 5.41) is 11.9. The minimum absolute atomic E-state index is 0.00247. The molecule has 0 aliphatic heterocycles. The average Bonchev–Trinajstić information content (AvgIpc) is 3.30. The third kappa shape index (κ3) is 4.58. The van der Waals surface area contributed by atoms with Crippen LogP contribution in [-0.2, 0) is 14.8 Å². The van der Waals surface area contributed by atoms with E-state index < -0.39 is 27.4 Å². The molecule has 138 valence electrons. The number of carbonyl (C=O) groups is 2. The quantitative estimate of drug-likeness (QED) is 0.648. The van der Waals surface area contributed by atoms with Crippen molar-refractivity contribution in [2.75, 3.05) is 0 Å².